The Labute approximate surface area is 94.5 Å². The minimum atomic E-state index is 0.0566. The molecule has 0 saturated carbocycles. The Balaban J connectivity index is 4.58. The Morgan fingerprint density at radius 1 is 1.20 bits per heavy atom. The zero-order valence-electron chi connectivity index (χ0n) is 10.5. The first-order chi connectivity index (χ1) is 7.21. The second-order valence-electron chi connectivity index (χ2n) is 3.52. The van der Waals surface area contributed by atoms with Crippen molar-refractivity contribution in [3.63, 3.8) is 0 Å². The summed E-state index contributed by atoms with van der Waals surface area (Å²) in [5, 5.41) is 0. The molecule has 15 heavy (non-hydrogen) atoms. The predicted octanol–water partition coefficient (Wildman–Crippen LogP) is 4.13. The largest absolute Gasteiger partial charge is 0.370 e. The summed E-state index contributed by atoms with van der Waals surface area (Å²) >= 11 is 0. The molecule has 0 aliphatic carbocycles. The summed E-state index contributed by atoms with van der Waals surface area (Å²) in [6.45, 7) is 13.1. The van der Waals surface area contributed by atoms with Crippen LogP contribution in [-0.2, 0) is 4.74 Å². The highest BCUT2D eigenvalue weighted by atomic mass is 16.5. The second kappa shape index (κ2) is 8.49. The third-order valence-corrected chi connectivity index (χ3v) is 2.42. The molecule has 0 spiro atoms. The summed E-state index contributed by atoms with van der Waals surface area (Å²) in [5.74, 6) is 0.419. The molecule has 0 rings (SSSR count). The molecule has 0 bridgehead atoms. The van der Waals surface area contributed by atoms with E-state index in [4.69, 9.17) is 4.74 Å². The van der Waals surface area contributed by atoms with E-state index in [0.29, 0.717) is 5.92 Å². The molecule has 0 aromatic rings. The zero-order valence-corrected chi connectivity index (χ0v) is 10.5. The molecule has 2 atom stereocenters. The molecule has 1 nitrogen and oxygen atoms in total. The van der Waals surface area contributed by atoms with Crippen LogP contribution in [0.3, 0.4) is 0 Å². The molecule has 0 heterocycles. The monoisotopic (exact) mass is 208 g/mol. The van der Waals surface area contributed by atoms with Crippen molar-refractivity contribution in [1.29, 1.82) is 0 Å². The number of allylic oxidation sites excluding steroid dienone is 3. The fourth-order valence-electron chi connectivity index (χ4n) is 1.61. The van der Waals surface area contributed by atoms with Crippen molar-refractivity contribution >= 4 is 0 Å². The molecule has 0 amide bonds. The Morgan fingerprint density at radius 2 is 1.80 bits per heavy atom. The second-order valence-corrected chi connectivity index (χ2v) is 3.52. The molecule has 2 unspecified atom stereocenters. The van der Waals surface area contributed by atoms with Gasteiger partial charge in [-0.25, -0.2) is 0 Å². The van der Waals surface area contributed by atoms with Gasteiger partial charge in [0, 0.05) is 12.5 Å². The van der Waals surface area contributed by atoms with E-state index in [1.807, 2.05) is 26.8 Å². The summed E-state index contributed by atoms with van der Waals surface area (Å²) < 4.78 is 5.65. The maximum atomic E-state index is 5.65. The van der Waals surface area contributed by atoms with Crippen molar-refractivity contribution < 1.29 is 4.74 Å². The minimum Gasteiger partial charge on any atom is -0.370 e. The fourth-order valence-corrected chi connectivity index (χ4v) is 1.61. The lowest BCUT2D eigenvalue weighted by molar-refractivity contribution is 0.115. The molecule has 0 N–H and O–H groups in total. The lowest BCUT2D eigenvalue weighted by Gasteiger charge is -2.21. The topological polar surface area (TPSA) is 9.23 Å². The molecule has 0 aliphatic rings. The first kappa shape index (κ1) is 14.2. The lowest BCUT2D eigenvalue weighted by Crippen LogP contribution is -2.17. The van der Waals surface area contributed by atoms with E-state index in [9.17, 15) is 0 Å². The van der Waals surface area contributed by atoms with E-state index in [1.54, 1.807) is 0 Å². The molecule has 1 heteroatoms. The lowest BCUT2D eigenvalue weighted by atomic mass is 9.92. The highest BCUT2D eigenvalue weighted by Crippen LogP contribution is 2.21. The van der Waals surface area contributed by atoms with Crippen LogP contribution in [0.15, 0.2) is 36.5 Å². The molecule has 86 valence electrons. The summed E-state index contributed by atoms with van der Waals surface area (Å²) in [6, 6.07) is 0. The van der Waals surface area contributed by atoms with Crippen LogP contribution in [0.2, 0.25) is 0 Å². The summed E-state index contributed by atoms with van der Waals surface area (Å²) in [7, 11) is 0. The molecule has 0 fully saturated rings. The highest BCUT2D eigenvalue weighted by Gasteiger charge is 2.15. The first-order valence-corrected chi connectivity index (χ1v) is 5.77. The van der Waals surface area contributed by atoms with E-state index in [1.165, 1.54) is 0 Å². The molecular weight excluding hydrogens is 184 g/mol. The molecular formula is C14H24O. The quantitative estimate of drug-likeness (QED) is 0.572. The van der Waals surface area contributed by atoms with Crippen molar-refractivity contribution in [2.45, 2.75) is 40.2 Å². The average molecular weight is 208 g/mol. The number of hydrogen-bond donors (Lipinski definition) is 0. The smallest absolute Gasteiger partial charge is 0.0969 e. The number of hydrogen-bond acceptors (Lipinski definition) is 1. The fraction of sp³-hybridized carbons (Fsp3) is 0.571. The average Bonchev–Trinajstić information content (AvgIpc) is 2.24. The van der Waals surface area contributed by atoms with Gasteiger partial charge in [0.1, 0.15) is 0 Å². The van der Waals surface area contributed by atoms with Crippen LogP contribution < -0.4 is 0 Å². The van der Waals surface area contributed by atoms with E-state index in [-0.39, 0.29) is 6.10 Å². The van der Waals surface area contributed by atoms with E-state index >= 15 is 0 Å². The van der Waals surface area contributed by atoms with Gasteiger partial charge < -0.3 is 4.74 Å². The highest BCUT2D eigenvalue weighted by molar-refractivity contribution is 5.19. The van der Waals surface area contributed by atoms with E-state index in [0.717, 1.165) is 18.6 Å². The molecule has 0 aromatic heterocycles. The predicted molar refractivity (Wildman–Crippen MR) is 68.0 cm³/mol. The first-order valence-electron chi connectivity index (χ1n) is 5.77. The molecule has 0 radical (unpaired) electrons. The van der Waals surface area contributed by atoms with Gasteiger partial charge in [-0.3, -0.25) is 0 Å². The zero-order chi connectivity index (χ0) is 11.7. The van der Waals surface area contributed by atoms with Gasteiger partial charge >= 0.3 is 0 Å². The summed E-state index contributed by atoms with van der Waals surface area (Å²) in [5.41, 5.74) is 1.15. The third kappa shape index (κ3) is 4.98. The van der Waals surface area contributed by atoms with Gasteiger partial charge in [0.15, 0.2) is 0 Å². The van der Waals surface area contributed by atoms with Gasteiger partial charge in [0.25, 0.3) is 0 Å². The van der Waals surface area contributed by atoms with Crippen LogP contribution in [0.4, 0.5) is 0 Å². The van der Waals surface area contributed by atoms with Gasteiger partial charge in [0.05, 0.1) is 6.10 Å². The van der Waals surface area contributed by atoms with Gasteiger partial charge in [-0.15, -0.1) is 0 Å². The van der Waals surface area contributed by atoms with Gasteiger partial charge in [-0.05, 0) is 32.8 Å². The van der Waals surface area contributed by atoms with Crippen molar-refractivity contribution in [1.82, 2.24) is 0 Å². The summed E-state index contributed by atoms with van der Waals surface area (Å²) in [4.78, 5) is 0. The van der Waals surface area contributed by atoms with E-state index in [2.05, 4.69) is 31.7 Å². The number of rotatable bonds is 7. The van der Waals surface area contributed by atoms with Crippen molar-refractivity contribution in [3.8, 4) is 0 Å². The normalized spacial score (nSPS) is 16.0. The molecule has 0 aliphatic heterocycles. The maximum Gasteiger partial charge on any atom is 0.0969 e. The minimum absolute atomic E-state index is 0.0566. The Hall–Kier alpha value is -0.820. The van der Waals surface area contributed by atoms with E-state index < -0.39 is 0 Å². The van der Waals surface area contributed by atoms with Crippen molar-refractivity contribution in [2.24, 2.45) is 5.92 Å². The SMILES string of the molecule is C=C(C(/C=C\C)CC)C(/C=C\C)OCC. The van der Waals surface area contributed by atoms with Crippen LogP contribution >= 0.6 is 0 Å². The van der Waals surface area contributed by atoms with Crippen LogP contribution in [0.5, 0.6) is 0 Å². The van der Waals surface area contributed by atoms with Crippen LogP contribution in [-0.4, -0.2) is 12.7 Å². The van der Waals surface area contributed by atoms with Crippen LogP contribution in [0.1, 0.15) is 34.1 Å². The van der Waals surface area contributed by atoms with Crippen molar-refractivity contribution in [2.75, 3.05) is 6.61 Å². The molecule has 0 saturated heterocycles. The van der Waals surface area contributed by atoms with Gasteiger partial charge in [-0.2, -0.15) is 0 Å². The van der Waals surface area contributed by atoms with Crippen LogP contribution in [0.25, 0.3) is 0 Å². The standard InChI is InChI=1S/C14H24O/c1-6-10-13(8-3)12(5)14(11-7-2)15-9-4/h6-7,10-11,13-14H,5,8-9H2,1-4H3/b10-6-,11-7-. The maximum absolute atomic E-state index is 5.65. The summed E-state index contributed by atoms with van der Waals surface area (Å²) in [6.07, 6.45) is 9.49. The van der Waals surface area contributed by atoms with Gasteiger partial charge in [-0.1, -0.05) is 37.8 Å². The number of ether oxygens (including phenoxy) is 1. The van der Waals surface area contributed by atoms with Crippen LogP contribution in [0, 0.1) is 5.92 Å². The van der Waals surface area contributed by atoms with Crippen molar-refractivity contribution in [3.05, 3.63) is 36.5 Å². The Bertz CT molecular complexity index is 225. The molecule has 0 aromatic carbocycles. The Morgan fingerprint density at radius 3 is 2.20 bits per heavy atom. The third-order valence-electron chi connectivity index (χ3n) is 2.42. The Kier molecular flexibility index (Phi) is 8.02. The van der Waals surface area contributed by atoms with Gasteiger partial charge in [0.2, 0.25) is 0 Å².